The Bertz CT molecular complexity index is 862. The van der Waals surface area contributed by atoms with E-state index in [0.717, 1.165) is 48.0 Å². The summed E-state index contributed by atoms with van der Waals surface area (Å²) in [7, 11) is 0. The van der Waals surface area contributed by atoms with Crippen LogP contribution in [0, 0.1) is 0 Å². The number of hydrogen-bond acceptors (Lipinski definition) is 3. The van der Waals surface area contributed by atoms with Crippen molar-refractivity contribution in [2.75, 3.05) is 5.75 Å². The van der Waals surface area contributed by atoms with Crippen molar-refractivity contribution >= 4 is 11.8 Å². The van der Waals surface area contributed by atoms with Crippen molar-refractivity contribution in [3.63, 3.8) is 0 Å². The third-order valence-electron chi connectivity index (χ3n) is 6.07. The molecule has 1 aromatic carbocycles. The van der Waals surface area contributed by atoms with Gasteiger partial charge >= 0.3 is 0 Å². The molecule has 0 saturated heterocycles. The van der Waals surface area contributed by atoms with Crippen LogP contribution >= 0.6 is 11.8 Å². The summed E-state index contributed by atoms with van der Waals surface area (Å²) in [4.78, 5) is 18.4. The zero-order valence-electron chi connectivity index (χ0n) is 13.9. The molecule has 0 atom stereocenters. The summed E-state index contributed by atoms with van der Waals surface area (Å²) in [5.41, 5.74) is 4.86. The van der Waals surface area contributed by atoms with Crippen LogP contribution in [-0.2, 0) is 18.4 Å². The molecule has 1 saturated carbocycles. The number of hydrogen-bond donors (Lipinski definition) is 0. The predicted molar refractivity (Wildman–Crippen MR) is 97.7 cm³/mol. The van der Waals surface area contributed by atoms with Crippen molar-refractivity contribution in [1.82, 2.24) is 9.55 Å². The van der Waals surface area contributed by atoms with Gasteiger partial charge in [0.15, 0.2) is 5.16 Å². The van der Waals surface area contributed by atoms with Gasteiger partial charge in [-0.15, -0.1) is 0 Å². The Kier molecular flexibility index (Phi) is 3.37. The van der Waals surface area contributed by atoms with Crippen molar-refractivity contribution in [1.29, 1.82) is 0 Å². The third-order valence-corrected chi connectivity index (χ3v) is 7.03. The molecule has 2 aromatic rings. The van der Waals surface area contributed by atoms with Gasteiger partial charge < -0.3 is 0 Å². The van der Waals surface area contributed by atoms with Gasteiger partial charge in [0.2, 0.25) is 0 Å². The van der Waals surface area contributed by atoms with Crippen LogP contribution in [0.2, 0.25) is 0 Å². The molecule has 0 N–H and O–H groups in total. The highest BCUT2D eigenvalue weighted by atomic mass is 32.2. The second-order valence-corrected chi connectivity index (χ2v) is 8.51. The number of benzene rings is 1. The second kappa shape index (κ2) is 5.48. The van der Waals surface area contributed by atoms with E-state index in [0.29, 0.717) is 0 Å². The summed E-state index contributed by atoms with van der Waals surface area (Å²) in [6.07, 6.45) is 8.35. The molecule has 0 unspecified atom stereocenters. The van der Waals surface area contributed by atoms with Gasteiger partial charge in [0.1, 0.15) is 0 Å². The van der Waals surface area contributed by atoms with E-state index in [4.69, 9.17) is 4.98 Å². The van der Waals surface area contributed by atoms with E-state index in [9.17, 15) is 4.79 Å². The molecule has 1 fully saturated rings. The molecule has 4 heteroatoms. The molecular weight excluding hydrogens is 316 g/mol. The molecule has 1 aromatic heterocycles. The highest BCUT2D eigenvalue weighted by Crippen LogP contribution is 2.48. The molecule has 0 radical (unpaired) electrons. The number of nitrogens with zero attached hydrogens (tertiary/aromatic N) is 2. The summed E-state index contributed by atoms with van der Waals surface area (Å²) < 4.78 is 1.93. The summed E-state index contributed by atoms with van der Waals surface area (Å²) in [6.45, 7) is 0.816. The first kappa shape index (κ1) is 14.8. The van der Waals surface area contributed by atoms with Crippen LogP contribution < -0.4 is 5.56 Å². The van der Waals surface area contributed by atoms with Gasteiger partial charge in [0.25, 0.3) is 5.56 Å². The van der Waals surface area contributed by atoms with Crippen LogP contribution in [0.4, 0.5) is 0 Å². The quantitative estimate of drug-likeness (QED) is 0.677. The van der Waals surface area contributed by atoms with E-state index < -0.39 is 0 Å². The normalized spacial score (nSPS) is 21.0. The van der Waals surface area contributed by atoms with Gasteiger partial charge in [0.05, 0.1) is 11.3 Å². The van der Waals surface area contributed by atoms with Gasteiger partial charge in [0, 0.05) is 23.3 Å². The minimum Gasteiger partial charge on any atom is -0.287 e. The zero-order chi connectivity index (χ0) is 16.1. The first-order valence-electron chi connectivity index (χ1n) is 9.15. The molecule has 5 rings (SSSR count). The van der Waals surface area contributed by atoms with Gasteiger partial charge in [-0.3, -0.25) is 9.36 Å². The summed E-state index contributed by atoms with van der Waals surface area (Å²) in [5, 5.41) is 0.916. The van der Waals surface area contributed by atoms with Gasteiger partial charge in [-0.25, -0.2) is 4.98 Å². The first-order chi connectivity index (χ1) is 11.8. The third kappa shape index (κ3) is 2.05. The van der Waals surface area contributed by atoms with E-state index in [1.54, 1.807) is 11.8 Å². The molecule has 0 bridgehead atoms. The molecule has 1 spiro atoms. The van der Waals surface area contributed by atoms with Crippen molar-refractivity contribution in [3.8, 4) is 11.3 Å². The van der Waals surface area contributed by atoms with E-state index in [1.165, 1.54) is 36.8 Å². The summed E-state index contributed by atoms with van der Waals surface area (Å²) in [5.74, 6) is 0.972. The maximum absolute atomic E-state index is 13.4. The van der Waals surface area contributed by atoms with Gasteiger partial charge in [-0.05, 0) is 24.8 Å². The minimum atomic E-state index is 0.0134. The summed E-state index contributed by atoms with van der Waals surface area (Å²) >= 11 is 1.72. The topological polar surface area (TPSA) is 34.9 Å². The molecule has 0 amide bonds. The zero-order valence-corrected chi connectivity index (χ0v) is 14.7. The molecule has 3 aliphatic rings. The highest BCUT2D eigenvalue weighted by Gasteiger charge is 2.43. The average molecular weight is 338 g/mol. The average Bonchev–Trinajstić information content (AvgIpc) is 2.96. The fourth-order valence-electron chi connectivity index (χ4n) is 4.93. The highest BCUT2D eigenvalue weighted by molar-refractivity contribution is 7.99. The lowest BCUT2D eigenvalue weighted by Gasteiger charge is -2.38. The molecule has 3 nitrogen and oxygen atoms in total. The van der Waals surface area contributed by atoms with Gasteiger partial charge in [-0.2, -0.15) is 0 Å². The van der Waals surface area contributed by atoms with Crippen molar-refractivity contribution in [3.05, 3.63) is 45.7 Å². The number of fused-ring (bicyclic) bond motifs is 5. The standard InChI is InChI=1S/C20H22N2OS/c23-18-16-17(21-19-22(18)11-12-24-19)15-8-4-3-7-14(15)13-20(16)9-5-1-2-6-10-20/h3-4,7-8H,1-2,5-6,9-13H2. The van der Waals surface area contributed by atoms with Crippen molar-refractivity contribution in [2.24, 2.45) is 0 Å². The lowest BCUT2D eigenvalue weighted by atomic mass is 9.65. The van der Waals surface area contributed by atoms with Crippen LogP contribution in [0.25, 0.3) is 11.3 Å². The largest absolute Gasteiger partial charge is 0.287 e. The molecule has 2 aliphatic carbocycles. The number of aromatic nitrogens is 2. The monoisotopic (exact) mass is 338 g/mol. The number of thioether (sulfide) groups is 1. The van der Waals surface area contributed by atoms with Crippen molar-refractivity contribution < 1.29 is 0 Å². The van der Waals surface area contributed by atoms with Crippen LogP contribution in [-0.4, -0.2) is 15.3 Å². The predicted octanol–water partition coefficient (Wildman–Crippen LogP) is 4.16. The van der Waals surface area contributed by atoms with Crippen molar-refractivity contribution in [2.45, 2.75) is 62.1 Å². The molecule has 24 heavy (non-hydrogen) atoms. The summed E-state index contributed by atoms with van der Waals surface area (Å²) in [6, 6.07) is 8.60. The Balaban J connectivity index is 1.82. The molecular formula is C20H22N2OS. The van der Waals surface area contributed by atoms with E-state index in [2.05, 4.69) is 24.3 Å². The first-order valence-corrected chi connectivity index (χ1v) is 10.1. The minimum absolute atomic E-state index is 0.0134. The van der Waals surface area contributed by atoms with E-state index >= 15 is 0 Å². The lowest BCUT2D eigenvalue weighted by Crippen LogP contribution is -2.41. The number of rotatable bonds is 0. The lowest BCUT2D eigenvalue weighted by molar-refractivity contribution is 0.354. The maximum Gasteiger partial charge on any atom is 0.258 e. The Morgan fingerprint density at radius 2 is 1.88 bits per heavy atom. The van der Waals surface area contributed by atoms with Gasteiger partial charge in [-0.1, -0.05) is 61.7 Å². The maximum atomic E-state index is 13.4. The molecule has 124 valence electrons. The smallest absolute Gasteiger partial charge is 0.258 e. The Morgan fingerprint density at radius 3 is 2.71 bits per heavy atom. The second-order valence-electron chi connectivity index (χ2n) is 7.45. The Hall–Kier alpha value is -1.55. The van der Waals surface area contributed by atoms with Crippen LogP contribution in [0.1, 0.15) is 49.7 Å². The fourth-order valence-corrected chi connectivity index (χ4v) is 5.88. The van der Waals surface area contributed by atoms with Crippen LogP contribution in [0.15, 0.2) is 34.2 Å². The van der Waals surface area contributed by atoms with E-state index in [-0.39, 0.29) is 11.0 Å². The Morgan fingerprint density at radius 1 is 1.08 bits per heavy atom. The van der Waals surface area contributed by atoms with E-state index in [1.807, 2.05) is 4.57 Å². The SMILES string of the molecule is O=c1c2c(nc3n1CCS3)-c1ccccc1CC21CCCCCC1. The Labute approximate surface area is 146 Å². The van der Waals surface area contributed by atoms with Crippen LogP contribution in [0.3, 0.4) is 0 Å². The molecule has 1 aliphatic heterocycles. The fraction of sp³-hybridized carbons (Fsp3) is 0.500. The van der Waals surface area contributed by atoms with Crippen LogP contribution in [0.5, 0.6) is 0 Å². The molecule has 2 heterocycles.